The largest absolute Gasteiger partial charge is 0.361 e. The van der Waals surface area contributed by atoms with Gasteiger partial charge in [0.15, 0.2) is 5.69 Å². The Labute approximate surface area is 140 Å². The highest BCUT2D eigenvalue weighted by Crippen LogP contribution is 2.19. The van der Waals surface area contributed by atoms with E-state index in [1.165, 1.54) is 4.31 Å². The van der Waals surface area contributed by atoms with Crippen molar-refractivity contribution < 1.29 is 17.7 Å². The number of piperazine rings is 1. The normalized spacial score (nSPS) is 16.3. The van der Waals surface area contributed by atoms with Crippen molar-refractivity contribution in [2.75, 3.05) is 26.2 Å². The van der Waals surface area contributed by atoms with E-state index in [1.54, 1.807) is 36.1 Å². The van der Waals surface area contributed by atoms with Crippen LogP contribution in [0.25, 0.3) is 0 Å². The summed E-state index contributed by atoms with van der Waals surface area (Å²) in [5.74, 6) is 0.332. The Hall–Kier alpha value is -2.19. The summed E-state index contributed by atoms with van der Waals surface area (Å²) in [6, 6.07) is 8.42. The third kappa shape index (κ3) is 3.20. The summed E-state index contributed by atoms with van der Waals surface area (Å²) in [5, 5.41) is 3.72. The second-order valence-corrected chi connectivity index (χ2v) is 7.77. The predicted molar refractivity (Wildman–Crippen MR) is 87.1 cm³/mol. The molecule has 0 N–H and O–H groups in total. The molecule has 1 fully saturated rings. The van der Waals surface area contributed by atoms with Crippen molar-refractivity contribution >= 4 is 15.9 Å². The van der Waals surface area contributed by atoms with Crippen LogP contribution in [0, 0.1) is 13.8 Å². The minimum Gasteiger partial charge on any atom is -0.361 e. The fourth-order valence-electron chi connectivity index (χ4n) is 2.69. The molecule has 0 bridgehead atoms. The second-order valence-electron chi connectivity index (χ2n) is 5.84. The number of hydrogen-bond donors (Lipinski definition) is 0. The molecule has 0 spiro atoms. The minimum absolute atomic E-state index is 0.237. The molecule has 1 aliphatic heterocycles. The van der Waals surface area contributed by atoms with Gasteiger partial charge >= 0.3 is 0 Å². The number of nitrogens with zero attached hydrogens (tertiary/aromatic N) is 3. The van der Waals surface area contributed by atoms with Crippen molar-refractivity contribution in [3.8, 4) is 0 Å². The standard InChI is InChI=1S/C16H19N3O4S/c1-12-4-3-5-14(10-12)24(21,22)19-8-6-18(7-9-19)16(20)15-11-13(2)23-17-15/h3-5,10-11H,6-9H2,1-2H3. The fourth-order valence-corrected chi connectivity index (χ4v) is 4.21. The topological polar surface area (TPSA) is 83.7 Å². The lowest BCUT2D eigenvalue weighted by Gasteiger charge is -2.33. The smallest absolute Gasteiger partial charge is 0.276 e. The van der Waals surface area contributed by atoms with Gasteiger partial charge in [0.05, 0.1) is 4.90 Å². The maximum absolute atomic E-state index is 12.7. The molecule has 1 aromatic carbocycles. The van der Waals surface area contributed by atoms with Crippen LogP contribution < -0.4 is 0 Å². The lowest BCUT2D eigenvalue weighted by atomic mass is 10.2. The molecule has 2 aromatic rings. The third-order valence-corrected chi connectivity index (χ3v) is 5.89. The summed E-state index contributed by atoms with van der Waals surface area (Å²) in [4.78, 5) is 14.2. The lowest BCUT2D eigenvalue weighted by Crippen LogP contribution is -2.50. The number of hydrogen-bond acceptors (Lipinski definition) is 5. The summed E-state index contributed by atoms with van der Waals surface area (Å²) in [6.07, 6.45) is 0. The molecule has 8 heteroatoms. The van der Waals surface area contributed by atoms with Crippen LogP contribution in [0.5, 0.6) is 0 Å². The van der Waals surface area contributed by atoms with E-state index in [1.807, 2.05) is 13.0 Å². The van der Waals surface area contributed by atoms with Gasteiger partial charge in [-0.25, -0.2) is 8.42 Å². The maximum Gasteiger partial charge on any atom is 0.276 e. The molecule has 1 aromatic heterocycles. The number of aryl methyl sites for hydroxylation is 2. The quantitative estimate of drug-likeness (QED) is 0.837. The Morgan fingerprint density at radius 3 is 2.42 bits per heavy atom. The monoisotopic (exact) mass is 349 g/mol. The Bertz CT molecular complexity index is 852. The van der Waals surface area contributed by atoms with E-state index >= 15 is 0 Å². The Balaban J connectivity index is 1.69. The zero-order valence-electron chi connectivity index (χ0n) is 13.6. The van der Waals surface area contributed by atoms with Crippen LogP contribution in [0.3, 0.4) is 0 Å². The van der Waals surface area contributed by atoms with Crippen LogP contribution in [-0.4, -0.2) is 54.9 Å². The molecule has 128 valence electrons. The molecule has 3 rings (SSSR count). The van der Waals surface area contributed by atoms with E-state index < -0.39 is 10.0 Å². The molecule has 7 nitrogen and oxygen atoms in total. The van der Waals surface area contributed by atoms with Crippen molar-refractivity contribution in [2.24, 2.45) is 0 Å². The van der Waals surface area contributed by atoms with E-state index in [2.05, 4.69) is 5.16 Å². The van der Waals surface area contributed by atoms with Gasteiger partial charge in [-0.3, -0.25) is 4.79 Å². The molecular weight excluding hydrogens is 330 g/mol. The highest BCUT2D eigenvalue weighted by Gasteiger charge is 2.31. The predicted octanol–water partition coefficient (Wildman–Crippen LogP) is 1.44. The molecule has 1 saturated heterocycles. The first-order valence-electron chi connectivity index (χ1n) is 7.67. The van der Waals surface area contributed by atoms with Gasteiger partial charge < -0.3 is 9.42 Å². The van der Waals surface area contributed by atoms with Gasteiger partial charge in [-0.1, -0.05) is 17.3 Å². The SMILES string of the molecule is Cc1cccc(S(=O)(=O)N2CCN(C(=O)c3cc(C)on3)CC2)c1. The molecule has 0 radical (unpaired) electrons. The number of rotatable bonds is 3. The molecule has 0 aliphatic carbocycles. The molecule has 2 heterocycles. The number of sulfonamides is 1. The molecule has 24 heavy (non-hydrogen) atoms. The van der Waals surface area contributed by atoms with E-state index in [9.17, 15) is 13.2 Å². The minimum atomic E-state index is -3.53. The van der Waals surface area contributed by atoms with Crippen molar-refractivity contribution in [1.82, 2.24) is 14.4 Å². The van der Waals surface area contributed by atoms with E-state index in [-0.39, 0.29) is 29.6 Å². The summed E-state index contributed by atoms with van der Waals surface area (Å²) in [6.45, 7) is 4.76. The van der Waals surface area contributed by atoms with Crippen LogP contribution in [0.15, 0.2) is 39.8 Å². The van der Waals surface area contributed by atoms with Crippen LogP contribution in [0.1, 0.15) is 21.8 Å². The summed E-state index contributed by atoms with van der Waals surface area (Å²) < 4.78 is 31.7. The Kier molecular flexibility index (Phi) is 4.42. The number of carbonyl (C=O) groups is 1. The second kappa shape index (κ2) is 6.37. The van der Waals surface area contributed by atoms with Gasteiger partial charge in [0.25, 0.3) is 5.91 Å². The van der Waals surface area contributed by atoms with E-state index in [4.69, 9.17) is 4.52 Å². The Morgan fingerprint density at radius 1 is 1.12 bits per heavy atom. The van der Waals surface area contributed by atoms with Crippen LogP contribution in [0.2, 0.25) is 0 Å². The third-order valence-electron chi connectivity index (χ3n) is 4.00. The molecule has 0 atom stereocenters. The first-order valence-corrected chi connectivity index (χ1v) is 9.11. The van der Waals surface area contributed by atoms with Gasteiger partial charge in [-0.2, -0.15) is 4.31 Å². The number of benzene rings is 1. The zero-order valence-corrected chi connectivity index (χ0v) is 14.4. The highest BCUT2D eigenvalue weighted by molar-refractivity contribution is 7.89. The average Bonchev–Trinajstić information content (AvgIpc) is 3.01. The Morgan fingerprint density at radius 2 is 1.83 bits per heavy atom. The maximum atomic E-state index is 12.7. The van der Waals surface area contributed by atoms with Crippen molar-refractivity contribution in [3.05, 3.63) is 47.3 Å². The number of carbonyl (C=O) groups excluding carboxylic acids is 1. The van der Waals surface area contributed by atoms with Gasteiger partial charge in [-0.05, 0) is 31.5 Å². The van der Waals surface area contributed by atoms with Crippen LogP contribution >= 0.6 is 0 Å². The molecule has 1 amide bonds. The highest BCUT2D eigenvalue weighted by atomic mass is 32.2. The molecule has 1 aliphatic rings. The van der Waals surface area contributed by atoms with Gasteiger partial charge in [0, 0.05) is 32.2 Å². The lowest BCUT2D eigenvalue weighted by molar-refractivity contribution is 0.0687. The van der Waals surface area contributed by atoms with Crippen molar-refractivity contribution in [2.45, 2.75) is 18.7 Å². The first-order chi connectivity index (χ1) is 11.4. The number of amides is 1. The first kappa shape index (κ1) is 16.7. The fraction of sp³-hybridized carbons (Fsp3) is 0.375. The summed E-state index contributed by atoms with van der Waals surface area (Å²) in [5.41, 5.74) is 1.15. The van der Waals surface area contributed by atoms with Crippen LogP contribution in [-0.2, 0) is 10.0 Å². The van der Waals surface area contributed by atoms with Gasteiger partial charge in [0.2, 0.25) is 10.0 Å². The zero-order chi connectivity index (χ0) is 17.3. The van der Waals surface area contributed by atoms with Crippen molar-refractivity contribution in [3.63, 3.8) is 0 Å². The molecule has 0 saturated carbocycles. The molecular formula is C16H19N3O4S. The molecule has 0 unspecified atom stereocenters. The van der Waals surface area contributed by atoms with Gasteiger partial charge in [0.1, 0.15) is 5.76 Å². The summed E-state index contributed by atoms with van der Waals surface area (Å²) >= 11 is 0. The van der Waals surface area contributed by atoms with Crippen molar-refractivity contribution in [1.29, 1.82) is 0 Å². The average molecular weight is 349 g/mol. The van der Waals surface area contributed by atoms with E-state index in [0.717, 1.165) is 5.56 Å². The summed E-state index contributed by atoms with van der Waals surface area (Å²) in [7, 11) is -3.53. The van der Waals surface area contributed by atoms with Gasteiger partial charge in [-0.15, -0.1) is 0 Å². The van der Waals surface area contributed by atoms with Crippen LogP contribution in [0.4, 0.5) is 0 Å². The number of aromatic nitrogens is 1. The van der Waals surface area contributed by atoms with E-state index in [0.29, 0.717) is 18.8 Å².